The summed E-state index contributed by atoms with van der Waals surface area (Å²) in [5, 5.41) is 7.77. The van der Waals surface area contributed by atoms with Crippen molar-refractivity contribution in [3.8, 4) is 0 Å². The maximum atomic E-state index is 4.15. The molecule has 0 bridgehead atoms. The van der Waals surface area contributed by atoms with E-state index >= 15 is 0 Å². The fourth-order valence-corrected chi connectivity index (χ4v) is 2.78. The lowest BCUT2D eigenvalue weighted by molar-refractivity contribution is 0.546. The third kappa shape index (κ3) is 3.14. The van der Waals surface area contributed by atoms with Gasteiger partial charge in [0.25, 0.3) is 0 Å². The van der Waals surface area contributed by atoms with Crippen LogP contribution < -0.4 is 5.32 Å². The van der Waals surface area contributed by atoms with E-state index in [0.717, 1.165) is 12.8 Å². The molecule has 17 heavy (non-hydrogen) atoms. The number of hydrogen-bond donors (Lipinski definition) is 1. The highest BCUT2D eigenvalue weighted by Gasteiger charge is 2.11. The second-order valence-corrected chi connectivity index (χ2v) is 5.02. The molecule has 2 heterocycles. The van der Waals surface area contributed by atoms with Gasteiger partial charge < -0.3 is 5.32 Å². The first-order chi connectivity index (χ1) is 8.31. The smallest absolute Gasteiger partial charge is 0.0324 e. The van der Waals surface area contributed by atoms with Crippen molar-refractivity contribution < 1.29 is 0 Å². The van der Waals surface area contributed by atoms with Crippen LogP contribution in [0, 0.1) is 6.92 Å². The normalized spacial score (nSPS) is 12.6. The zero-order valence-corrected chi connectivity index (χ0v) is 11.1. The number of nitrogens with one attached hydrogen (secondary N) is 1. The van der Waals surface area contributed by atoms with Gasteiger partial charge in [-0.1, -0.05) is 0 Å². The van der Waals surface area contributed by atoms with Gasteiger partial charge >= 0.3 is 0 Å². The molecule has 3 heteroatoms. The van der Waals surface area contributed by atoms with E-state index < -0.39 is 0 Å². The molecule has 0 radical (unpaired) electrons. The van der Waals surface area contributed by atoms with Crippen LogP contribution in [0.4, 0.5) is 0 Å². The first kappa shape index (κ1) is 12.3. The lowest BCUT2D eigenvalue weighted by Crippen LogP contribution is -2.18. The zero-order chi connectivity index (χ0) is 12.1. The van der Waals surface area contributed by atoms with E-state index in [1.807, 2.05) is 19.4 Å². The van der Waals surface area contributed by atoms with Gasteiger partial charge in [0.05, 0.1) is 0 Å². The summed E-state index contributed by atoms with van der Waals surface area (Å²) in [7, 11) is 2.03. The molecule has 2 nitrogen and oxygen atoms in total. The molecule has 1 atom stereocenters. The summed E-state index contributed by atoms with van der Waals surface area (Å²) < 4.78 is 0. The number of pyridine rings is 1. The van der Waals surface area contributed by atoms with Crippen LogP contribution in [0.3, 0.4) is 0 Å². The van der Waals surface area contributed by atoms with Gasteiger partial charge in [0, 0.05) is 18.4 Å². The van der Waals surface area contributed by atoms with Crippen LogP contribution in [0.2, 0.25) is 0 Å². The minimum Gasteiger partial charge on any atom is -0.313 e. The summed E-state index contributed by atoms with van der Waals surface area (Å²) in [5.41, 5.74) is 4.05. The predicted octanol–water partition coefficient (Wildman–Crippen LogP) is 3.34. The standard InChI is InChI=1S/C14H18N2S/c1-11-9-16-7-5-13(11)14(15-2)4-3-12-6-8-17-10-12/h5-10,14-15H,3-4H2,1-2H3. The molecule has 90 valence electrons. The van der Waals surface area contributed by atoms with Gasteiger partial charge in [0.2, 0.25) is 0 Å². The molecule has 0 spiro atoms. The quantitative estimate of drug-likeness (QED) is 0.875. The second-order valence-electron chi connectivity index (χ2n) is 4.24. The molecule has 0 fully saturated rings. The highest BCUT2D eigenvalue weighted by atomic mass is 32.1. The van der Waals surface area contributed by atoms with Crippen LogP contribution in [-0.2, 0) is 6.42 Å². The lowest BCUT2D eigenvalue weighted by Gasteiger charge is -2.18. The minimum absolute atomic E-state index is 0.415. The summed E-state index contributed by atoms with van der Waals surface area (Å²) in [6.45, 7) is 2.12. The number of nitrogens with zero attached hydrogens (tertiary/aromatic N) is 1. The predicted molar refractivity (Wildman–Crippen MR) is 73.4 cm³/mol. The Balaban J connectivity index is 2.04. The number of rotatable bonds is 5. The van der Waals surface area contributed by atoms with E-state index in [1.54, 1.807) is 11.3 Å². The number of thiophene rings is 1. The average molecular weight is 246 g/mol. The Bertz CT molecular complexity index is 451. The highest BCUT2D eigenvalue weighted by Crippen LogP contribution is 2.22. The summed E-state index contributed by atoms with van der Waals surface area (Å²) in [5.74, 6) is 0. The van der Waals surface area contributed by atoms with E-state index in [2.05, 4.69) is 40.1 Å². The van der Waals surface area contributed by atoms with Crippen LogP contribution in [0.15, 0.2) is 35.3 Å². The van der Waals surface area contributed by atoms with E-state index in [-0.39, 0.29) is 0 Å². The fraction of sp³-hybridized carbons (Fsp3) is 0.357. The van der Waals surface area contributed by atoms with Crippen molar-refractivity contribution in [1.29, 1.82) is 0 Å². The first-order valence-corrected chi connectivity index (χ1v) is 6.84. The van der Waals surface area contributed by atoms with Crippen molar-refractivity contribution in [2.45, 2.75) is 25.8 Å². The molecule has 1 unspecified atom stereocenters. The van der Waals surface area contributed by atoms with E-state index in [4.69, 9.17) is 0 Å². The third-order valence-electron chi connectivity index (χ3n) is 3.09. The average Bonchev–Trinajstić information content (AvgIpc) is 2.85. The molecule has 0 saturated carbocycles. The highest BCUT2D eigenvalue weighted by molar-refractivity contribution is 7.07. The van der Waals surface area contributed by atoms with Crippen molar-refractivity contribution in [3.63, 3.8) is 0 Å². The van der Waals surface area contributed by atoms with Gasteiger partial charge in [-0.25, -0.2) is 0 Å². The van der Waals surface area contributed by atoms with Crippen LogP contribution in [0.1, 0.15) is 29.2 Å². The number of aromatic nitrogens is 1. The zero-order valence-electron chi connectivity index (χ0n) is 10.3. The van der Waals surface area contributed by atoms with E-state index in [0.29, 0.717) is 6.04 Å². The molecule has 0 amide bonds. The topological polar surface area (TPSA) is 24.9 Å². The van der Waals surface area contributed by atoms with Crippen molar-refractivity contribution in [1.82, 2.24) is 10.3 Å². The summed E-state index contributed by atoms with van der Waals surface area (Å²) in [6.07, 6.45) is 6.05. The largest absolute Gasteiger partial charge is 0.313 e. The molecule has 0 aliphatic carbocycles. The molecule has 0 aliphatic heterocycles. The molecule has 2 aromatic heterocycles. The summed E-state index contributed by atoms with van der Waals surface area (Å²) in [4.78, 5) is 4.15. The van der Waals surface area contributed by atoms with Gasteiger partial charge in [-0.3, -0.25) is 4.98 Å². The first-order valence-electron chi connectivity index (χ1n) is 5.90. The fourth-order valence-electron chi connectivity index (χ4n) is 2.08. The molecule has 1 N–H and O–H groups in total. The Morgan fingerprint density at radius 2 is 2.29 bits per heavy atom. The molecule has 0 saturated heterocycles. The van der Waals surface area contributed by atoms with Gasteiger partial charge in [-0.15, -0.1) is 0 Å². The van der Waals surface area contributed by atoms with Crippen LogP contribution >= 0.6 is 11.3 Å². The van der Waals surface area contributed by atoms with Crippen LogP contribution in [0.25, 0.3) is 0 Å². The van der Waals surface area contributed by atoms with Gasteiger partial charge in [0.15, 0.2) is 0 Å². The molecular formula is C14H18N2S. The summed E-state index contributed by atoms with van der Waals surface area (Å²) >= 11 is 1.77. The molecule has 2 rings (SSSR count). The summed E-state index contributed by atoms with van der Waals surface area (Å²) in [6, 6.07) is 4.74. The van der Waals surface area contributed by atoms with Gasteiger partial charge in [-0.05, 0) is 66.4 Å². The van der Waals surface area contributed by atoms with Gasteiger partial charge in [-0.2, -0.15) is 11.3 Å². The molecule has 0 aliphatic rings. The van der Waals surface area contributed by atoms with Crippen molar-refractivity contribution in [2.75, 3.05) is 7.05 Å². The Hall–Kier alpha value is -1.19. The van der Waals surface area contributed by atoms with Crippen molar-refractivity contribution in [2.24, 2.45) is 0 Å². The van der Waals surface area contributed by atoms with Crippen molar-refractivity contribution in [3.05, 3.63) is 52.0 Å². The Kier molecular flexibility index (Phi) is 4.29. The third-order valence-corrected chi connectivity index (χ3v) is 3.82. The van der Waals surface area contributed by atoms with E-state index in [1.165, 1.54) is 16.7 Å². The molecule has 2 aromatic rings. The van der Waals surface area contributed by atoms with Crippen LogP contribution in [0.5, 0.6) is 0 Å². The lowest BCUT2D eigenvalue weighted by atomic mass is 9.98. The molecule has 0 aromatic carbocycles. The maximum Gasteiger partial charge on any atom is 0.0324 e. The second kappa shape index (κ2) is 5.94. The van der Waals surface area contributed by atoms with Gasteiger partial charge in [0.1, 0.15) is 0 Å². The molecular weight excluding hydrogens is 228 g/mol. The minimum atomic E-state index is 0.415. The SMILES string of the molecule is CNC(CCc1ccsc1)c1ccncc1C. The monoisotopic (exact) mass is 246 g/mol. The Labute approximate surface area is 107 Å². The van der Waals surface area contributed by atoms with Crippen molar-refractivity contribution >= 4 is 11.3 Å². The van der Waals surface area contributed by atoms with Crippen LogP contribution in [-0.4, -0.2) is 12.0 Å². The number of aryl methyl sites for hydroxylation is 2. The van der Waals surface area contributed by atoms with E-state index in [9.17, 15) is 0 Å². The number of hydrogen-bond acceptors (Lipinski definition) is 3. The Morgan fingerprint density at radius 3 is 2.94 bits per heavy atom. The maximum absolute atomic E-state index is 4.15. The Morgan fingerprint density at radius 1 is 1.41 bits per heavy atom.